The van der Waals surface area contributed by atoms with Crippen LogP contribution in [0.4, 0.5) is 11.5 Å². The molecule has 1 N–H and O–H groups in total. The summed E-state index contributed by atoms with van der Waals surface area (Å²) < 4.78 is 36.5. The number of benzene rings is 5. The zero-order valence-corrected chi connectivity index (χ0v) is 76.1. The number of pyridine rings is 2. The van der Waals surface area contributed by atoms with Gasteiger partial charge in [0, 0.05) is 295 Å². The van der Waals surface area contributed by atoms with Crippen molar-refractivity contribution < 1.29 is 57.2 Å². The smallest absolute Gasteiger partial charge is 0.259 e. The first-order valence-electron chi connectivity index (χ1n) is 46.7. The molecule has 682 valence electrons. The topological polar surface area (TPSA) is 297 Å². The van der Waals surface area contributed by atoms with Gasteiger partial charge in [-0.15, -0.1) is 0 Å². The summed E-state index contributed by atoms with van der Waals surface area (Å²) in [6.07, 6.45) is 17.8. The number of carbonyl (C=O) groups is 7. The Hall–Kier alpha value is -12.5. The maximum Gasteiger partial charge on any atom is 0.259 e. The lowest BCUT2D eigenvalue weighted by atomic mass is 9.90. The van der Waals surface area contributed by atoms with Crippen LogP contribution < -0.4 is 19.9 Å². The lowest BCUT2D eigenvalue weighted by Gasteiger charge is -2.29. The van der Waals surface area contributed by atoms with Crippen molar-refractivity contribution in [3.05, 3.63) is 195 Å². The van der Waals surface area contributed by atoms with Gasteiger partial charge in [-0.2, -0.15) is 20.4 Å². The zero-order chi connectivity index (χ0) is 90.2. The number of hydrogen-bond acceptors (Lipinski definition) is 19. The summed E-state index contributed by atoms with van der Waals surface area (Å²) in [4.78, 5) is 110. The monoisotopic (exact) mass is 1770 g/mol. The van der Waals surface area contributed by atoms with Gasteiger partial charge in [0.1, 0.15) is 11.6 Å². The number of ether oxygens (including phenoxy) is 5. The van der Waals surface area contributed by atoms with Crippen LogP contribution in [-0.4, -0.2) is 228 Å². The van der Waals surface area contributed by atoms with Gasteiger partial charge in [0.25, 0.3) is 5.91 Å². The minimum Gasteiger partial charge on any atom is -0.497 e. The predicted molar refractivity (Wildman–Crippen MR) is 495 cm³/mol. The second-order valence-corrected chi connectivity index (χ2v) is 36.3. The Labute approximate surface area is 762 Å². The van der Waals surface area contributed by atoms with Gasteiger partial charge >= 0.3 is 0 Å². The van der Waals surface area contributed by atoms with E-state index in [0.717, 1.165) is 274 Å². The van der Waals surface area contributed by atoms with Gasteiger partial charge < -0.3 is 63.3 Å². The number of nitrogens with zero attached hydrogens (tertiary/aromatic N) is 17. The van der Waals surface area contributed by atoms with Crippen molar-refractivity contribution in [1.82, 2.24) is 78.9 Å². The molecule has 30 nitrogen and oxygen atoms in total. The van der Waals surface area contributed by atoms with E-state index in [0.29, 0.717) is 82.5 Å². The van der Waals surface area contributed by atoms with Gasteiger partial charge in [-0.1, -0.05) is 78.9 Å². The first kappa shape index (κ1) is 87.8. The Kier molecular flexibility index (Phi) is 25.6. The third-order valence-electron chi connectivity index (χ3n) is 28.6. The highest BCUT2D eigenvalue weighted by Crippen LogP contribution is 2.45. The number of fused-ring (bicyclic) bond motifs is 8. The highest BCUT2D eigenvalue weighted by Gasteiger charge is 2.40. The highest BCUT2D eigenvalue weighted by molar-refractivity contribution is 6.14. The highest BCUT2D eigenvalue weighted by atomic mass is 16.5. The molecule has 30 heteroatoms. The van der Waals surface area contributed by atoms with Gasteiger partial charge in [0.05, 0.1) is 78.5 Å². The molecule has 11 aliphatic rings. The number of anilines is 2. The second-order valence-electron chi connectivity index (χ2n) is 36.3. The van der Waals surface area contributed by atoms with E-state index in [1.54, 1.807) is 51.7 Å². The maximum atomic E-state index is 13.8. The van der Waals surface area contributed by atoms with Gasteiger partial charge in [-0.25, -0.2) is 4.98 Å². The Bertz CT molecular complexity index is 6180. The Morgan fingerprint density at radius 3 is 1.37 bits per heavy atom. The molecule has 17 heterocycles. The van der Waals surface area contributed by atoms with Crippen LogP contribution >= 0.6 is 0 Å². The molecule has 6 aromatic heterocycles. The average molecular weight is 1770 g/mol. The number of nitrogens with one attached hydrogen (secondary N) is 1. The largest absolute Gasteiger partial charge is 0.497 e. The molecule has 0 spiro atoms. The van der Waals surface area contributed by atoms with Gasteiger partial charge in [0.2, 0.25) is 35.4 Å². The quantitative estimate of drug-likeness (QED) is 0.119. The molecule has 11 aromatic rings. The van der Waals surface area contributed by atoms with E-state index < -0.39 is 0 Å². The van der Waals surface area contributed by atoms with Gasteiger partial charge in [-0.3, -0.25) is 57.3 Å². The second kappa shape index (κ2) is 38.1. The van der Waals surface area contributed by atoms with Crippen molar-refractivity contribution >= 4 is 74.4 Å². The molecule has 131 heavy (non-hydrogen) atoms. The Morgan fingerprint density at radius 1 is 0.435 bits per heavy atom. The standard InChI is InChI=1S/C28H34N6O3.C28H30N4O4.C23H28N4O3.C22H24N4O2/c1-18(35)32-11-7-25-24(17-32)27(31-34(25)21-8-12-37-13-9-21)22-5-3-4-19-14-26(30-15-23(19)22)33-10-6-20(16-33)28(36)29-2;1-18(33)30-13-10-25-24(17-30)27(29-32(25)21-11-14-36-15-12-21)23-5-3-4-19-16-31(28(34)26(19)23)20-6-8-22(35-2)9-7-20;1-15(28)26-9-6-21-20(14-26)23(24-27(21)17-7-10-30-11-8-17)18-5-3-4-16-13-25(2)22(29)12-19(16)18;1-15(27)25-9-6-21-20(14-25)22(24-26(21)17-7-10-28-11-8-17)19-13-23-12-16-4-2-3-5-18(16)19/h3-5,14-15,20-21H,6-13,16-17H2,1-2H3,(H,29,36);3-9,21H,10-17H2,1-2H3;3-5,17H,6-14H2,1-2H3;2-5,12-13,17H,6-11,14H2,1H3/t20-;;;/m1.../s1. The van der Waals surface area contributed by atoms with Crippen molar-refractivity contribution in [2.75, 3.05) is 123 Å². The number of hydrogen-bond donors (Lipinski definition) is 1. The molecule has 0 unspecified atom stereocenters. The van der Waals surface area contributed by atoms with Crippen molar-refractivity contribution in [2.45, 2.75) is 181 Å². The first-order chi connectivity index (χ1) is 63.8. The summed E-state index contributed by atoms with van der Waals surface area (Å²) in [5.74, 6) is 2.22. The number of rotatable bonds is 12. The molecule has 7 amide bonds. The van der Waals surface area contributed by atoms with E-state index in [1.165, 1.54) is 33.9 Å². The summed E-state index contributed by atoms with van der Waals surface area (Å²) in [7, 11) is 5.18. The lowest BCUT2D eigenvalue weighted by molar-refractivity contribution is -0.131. The van der Waals surface area contributed by atoms with Crippen LogP contribution in [0.15, 0.2) is 128 Å². The van der Waals surface area contributed by atoms with E-state index in [4.69, 9.17) is 49.1 Å². The van der Waals surface area contributed by atoms with E-state index in [2.05, 4.69) is 94.6 Å². The number of likely N-dealkylation sites (N-methyl/N-ethyl adjacent to an activating group) is 1. The SMILES string of the molecule is CC(=O)N1CCc2c(c(-c3cccc4c3CC(=O)N(C)C4)nn2C2CCOCC2)C1.CC(=O)N1CCc2c(c(-c3cncc4ccccc34)nn2C2CCOCC2)C1.CNC(=O)[C@@H]1CCN(c2cc3cccc(-c4nn(C5CCOCC5)c5c4CN(C(C)=O)CC5)c3cn2)C1.COc1ccc(N2Cc3cccc(-c4nn(C5CCOCC5)c5c4CN(C(C)=O)CC5)c3C2=O)cc1. The Balaban J connectivity index is 0.000000114. The maximum absolute atomic E-state index is 13.8. The van der Waals surface area contributed by atoms with E-state index >= 15 is 0 Å². The number of amides is 7. The van der Waals surface area contributed by atoms with Crippen LogP contribution in [0.2, 0.25) is 0 Å². The number of carbonyl (C=O) groups excluding carboxylic acids is 7. The van der Waals surface area contributed by atoms with Crippen LogP contribution in [-0.2, 0) is 119 Å². The molecule has 5 fully saturated rings. The summed E-state index contributed by atoms with van der Waals surface area (Å²) in [6, 6.07) is 37.8. The van der Waals surface area contributed by atoms with Crippen LogP contribution in [0, 0.1) is 5.92 Å². The molecule has 1 atom stereocenters. The Morgan fingerprint density at radius 2 is 0.878 bits per heavy atom. The third-order valence-corrected chi connectivity index (χ3v) is 28.6. The number of methoxy groups -OCH3 is 1. The molecule has 0 bridgehead atoms. The van der Waals surface area contributed by atoms with Crippen LogP contribution in [0.25, 0.3) is 66.6 Å². The predicted octanol–water partition coefficient (Wildman–Crippen LogP) is 12.6. The fraction of sp³-hybridized carbons (Fsp3) is 0.455. The minimum absolute atomic E-state index is 0.00118. The van der Waals surface area contributed by atoms with E-state index in [1.807, 2.05) is 93.8 Å². The summed E-state index contributed by atoms with van der Waals surface area (Å²) >= 11 is 0. The summed E-state index contributed by atoms with van der Waals surface area (Å²) in [5.41, 5.74) is 21.9. The minimum atomic E-state index is -0.0284. The van der Waals surface area contributed by atoms with Crippen LogP contribution in [0.1, 0.15) is 182 Å². The molecule has 5 saturated heterocycles. The normalized spacial score (nSPS) is 18.9. The average Bonchev–Trinajstić information content (AvgIpc) is 2.30. The van der Waals surface area contributed by atoms with Gasteiger partial charge in [0.15, 0.2) is 0 Å². The van der Waals surface area contributed by atoms with Crippen molar-refractivity contribution in [2.24, 2.45) is 5.92 Å². The number of aromatic nitrogens is 10. The van der Waals surface area contributed by atoms with Crippen molar-refractivity contribution in [1.29, 1.82) is 0 Å². The molecular weight excluding hydrogens is 1660 g/mol. The van der Waals surface area contributed by atoms with Crippen LogP contribution in [0.3, 0.4) is 0 Å². The third kappa shape index (κ3) is 17.6. The first-order valence-corrected chi connectivity index (χ1v) is 46.7. The molecule has 0 aliphatic carbocycles. The molecular formula is C101H116N18O12. The zero-order valence-electron chi connectivity index (χ0n) is 76.1. The molecule has 22 rings (SSSR count). The van der Waals surface area contributed by atoms with E-state index in [-0.39, 0.29) is 53.3 Å². The molecule has 0 saturated carbocycles. The molecule has 5 aromatic carbocycles. The molecule has 0 radical (unpaired) electrons. The summed E-state index contributed by atoms with van der Waals surface area (Å²) in [5, 5.41) is 27.8. The van der Waals surface area contributed by atoms with Crippen molar-refractivity contribution in [3.8, 4) is 50.8 Å². The van der Waals surface area contributed by atoms with Crippen LogP contribution in [0.5, 0.6) is 5.75 Å². The van der Waals surface area contributed by atoms with Gasteiger partial charge in [-0.05, 0) is 116 Å². The fourth-order valence-electron chi connectivity index (χ4n) is 21.3. The fourth-order valence-corrected chi connectivity index (χ4v) is 21.3. The van der Waals surface area contributed by atoms with Crippen molar-refractivity contribution in [3.63, 3.8) is 0 Å². The summed E-state index contributed by atoms with van der Waals surface area (Å²) in [6.45, 7) is 20.4. The molecule has 11 aliphatic heterocycles. The lowest BCUT2D eigenvalue weighted by Crippen LogP contribution is -2.35. The van der Waals surface area contributed by atoms with E-state index in [9.17, 15) is 33.6 Å².